The summed E-state index contributed by atoms with van der Waals surface area (Å²) in [4.78, 5) is 13.3. The molecule has 8 heavy (non-hydrogen) atoms. The summed E-state index contributed by atoms with van der Waals surface area (Å²) in [5, 5.41) is 0. The molecule has 0 atom stereocenters. The Hall–Kier alpha value is -1.05. The van der Waals surface area contributed by atoms with Crippen LogP contribution in [0.15, 0.2) is 18.3 Å². The lowest BCUT2D eigenvalue weighted by Crippen LogP contribution is -1.89. The van der Waals surface area contributed by atoms with Crippen LogP contribution in [-0.2, 0) is 0 Å². The maximum absolute atomic E-state index is 10.5. The third kappa shape index (κ3) is 0.780. The number of ketones is 1. The standard InChI is InChI=1S/C6H7NO.H2/c1-5(8)6-3-2-4-7-6;/h2-4,7H,1H3;1H. The molecule has 0 fully saturated rings. The summed E-state index contributed by atoms with van der Waals surface area (Å²) in [5.41, 5.74) is 0.671. The number of carbonyl (C=O) groups is 1. The molecular formula is C6H9NO. The summed E-state index contributed by atoms with van der Waals surface area (Å²) in [6.07, 6.45) is 1.73. The van der Waals surface area contributed by atoms with Crippen LogP contribution in [0.3, 0.4) is 0 Å². The van der Waals surface area contributed by atoms with E-state index in [-0.39, 0.29) is 7.21 Å². The van der Waals surface area contributed by atoms with Crippen LogP contribution >= 0.6 is 0 Å². The molecule has 1 N–H and O–H groups in total. The Balaban J connectivity index is 0.000000640. The number of aromatic nitrogens is 1. The third-order valence-electron chi connectivity index (χ3n) is 0.977. The molecule has 0 bridgehead atoms. The van der Waals surface area contributed by atoms with Gasteiger partial charge in [-0.1, -0.05) is 0 Å². The van der Waals surface area contributed by atoms with E-state index in [9.17, 15) is 4.79 Å². The summed E-state index contributed by atoms with van der Waals surface area (Å²) in [6, 6.07) is 3.55. The molecule has 1 aromatic heterocycles. The Morgan fingerprint density at radius 3 is 2.88 bits per heavy atom. The molecule has 0 amide bonds. The van der Waals surface area contributed by atoms with E-state index in [2.05, 4.69) is 4.98 Å². The highest BCUT2D eigenvalue weighted by Gasteiger charge is 1.94. The van der Waals surface area contributed by atoms with Crippen LogP contribution in [-0.4, -0.2) is 10.8 Å². The van der Waals surface area contributed by atoms with Gasteiger partial charge in [0.15, 0.2) is 5.78 Å². The lowest BCUT2D eigenvalue weighted by molar-refractivity contribution is 0.101. The van der Waals surface area contributed by atoms with Gasteiger partial charge < -0.3 is 4.98 Å². The van der Waals surface area contributed by atoms with Gasteiger partial charge in [-0.2, -0.15) is 0 Å². The fraction of sp³-hybridized carbons (Fsp3) is 0.167. The zero-order valence-electron chi connectivity index (χ0n) is 4.64. The zero-order valence-corrected chi connectivity index (χ0v) is 4.64. The normalized spacial score (nSPS) is 9.12. The van der Waals surface area contributed by atoms with Gasteiger partial charge in [0.2, 0.25) is 0 Å². The fourth-order valence-corrected chi connectivity index (χ4v) is 0.549. The molecule has 2 nitrogen and oxygen atoms in total. The molecule has 0 radical (unpaired) electrons. The van der Waals surface area contributed by atoms with Crippen LogP contribution in [0, 0.1) is 0 Å². The van der Waals surface area contributed by atoms with Crippen LogP contribution < -0.4 is 0 Å². The highest BCUT2D eigenvalue weighted by atomic mass is 16.1. The molecule has 0 aromatic carbocycles. The van der Waals surface area contributed by atoms with E-state index < -0.39 is 0 Å². The van der Waals surface area contributed by atoms with Gasteiger partial charge in [0, 0.05) is 14.5 Å². The molecule has 0 aliphatic heterocycles. The summed E-state index contributed by atoms with van der Waals surface area (Å²) in [5.74, 6) is 0.0787. The SMILES string of the molecule is CC(=O)c1ccc[nH]1.[HH]. The molecule has 0 saturated carbocycles. The lowest BCUT2D eigenvalue weighted by atomic mass is 10.3. The van der Waals surface area contributed by atoms with E-state index in [1.54, 1.807) is 18.3 Å². The van der Waals surface area contributed by atoms with Crippen molar-refractivity contribution in [3.8, 4) is 0 Å². The average molecular weight is 111 g/mol. The fourth-order valence-electron chi connectivity index (χ4n) is 0.549. The van der Waals surface area contributed by atoms with Gasteiger partial charge in [0.25, 0.3) is 0 Å². The molecule has 0 aliphatic carbocycles. The Bertz CT molecular complexity index is 181. The number of hydrogen-bond donors (Lipinski definition) is 1. The zero-order chi connectivity index (χ0) is 5.98. The van der Waals surface area contributed by atoms with Crippen molar-refractivity contribution < 1.29 is 6.22 Å². The predicted molar refractivity (Wildman–Crippen MR) is 32.9 cm³/mol. The van der Waals surface area contributed by atoms with Crippen LogP contribution in [0.5, 0.6) is 0 Å². The molecule has 2 heteroatoms. The third-order valence-corrected chi connectivity index (χ3v) is 0.977. The van der Waals surface area contributed by atoms with Gasteiger partial charge >= 0.3 is 0 Å². The molecule has 1 rings (SSSR count). The smallest absolute Gasteiger partial charge is 0.175 e. The second-order valence-electron chi connectivity index (χ2n) is 1.64. The van der Waals surface area contributed by atoms with E-state index in [0.717, 1.165) is 0 Å². The van der Waals surface area contributed by atoms with Gasteiger partial charge in [-0.3, -0.25) is 4.79 Å². The summed E-state index contributed by atoms with van der Waals surface area (Å²) >= 11 is 0. The van der Waals surface area contributed by atoms with Crippen LogP contribution in [0.25, 0.3) is 0 Å². The Morgan fingerprint density at radius 1 is 1.88 bits per heavy atom. The molecule has 1 heterocycles. The van der Waals surface area contributed by atoms with Gasteiger partial charge in [-0.25, -0.2) is 0 Å². The monoisotopic (exact) mass is 111 g/mol. The predicted octanol–water partition coefficient (Wildman–Crippen LogP) is 1.46. The second kappa shape index (κ2) is 1.82. The van der Waals surface area contributed by atoms with Gasteiger partial charge in [0.05, 0.1) is 5.69 Å². The lowest BCUT2D eigenvalue weighted by Gasteiger charge is -1.81. The van der Waals surface area contributed by atoms with Crippen molar-refractivity contribution in [2.24, 2.45) is 0 Å². The maximum atomic E-state index is 10.5. The van der Waals surface area contributed by atoms with E-state index in [0.29, 0.717) is 5.69 Å². The molecule has 0 aliphatic rings. The number of carbonyl (C=O) groups excluding carboxylic acids is 1. The van der Waals surface area contributed by atoms with Crippen LogP contribution in [0.2, 0.25) is 0 Å². The summed E-state index contributed by atoms with van der Waals surface area (Å²) in [7, 11) is 0. The van der Waals surface area contributed by atoms with Gasteiger partial charge in [0.1, 0.15) is 0 Å². The van der Waals surface area contributed by atoms with Crippen molar-refractivity contribution in [3.05, 3.63) is 24.0 Å². The van der Waals surface area contributed by atoms with E-state index >= 15 is 0 Å². The van der Waals surface area contributed by atoms with Crippen molar-refractivity contribution in [1.82, 2.24) is 4.98 Å². The van der Waals surface area contributed by atoms with Crippen LogP contribution in [0.1, 0.15) is 18.8 Å². The highest BCUT2D eigenvalue weighted by Crippen LogP contribution is 1.93. The Kier molecular flexibility index (Phi) is 1.16. The molecule has 0 unspecified atom stereocenters. The van der Waals surface area contributed by atoms with Gasteiger partial charge in [-0.05, 0) is 12.1 Å². The number of Topliss-reactive ketones (excluding diaryl/α,β-unsaturated/α-hetero) is 1. The minimum atomic E-state index is 0. The molecule has 0 spiro atoms. The second-order valence-corrected chi connectivity index (χ2v) is 1.64. The average Bonchev–Trinajstić information content (AvgIpc) is 2.12. The number of H-pyrrole nitrogens is 1. The highest BCUT2D eigenvalue weighted by molar-refractivity contribution is 5.92. The number of aromatic amines is 1. The van der Waals surface area contributed by atoms with Crippen molar-refractivity contribution in [1.29, 1.82) is 0 Å². The number of hydrogen-bond acceptors (Lipinski definition) is 1. The Labute approximate surface area is 49.0 Å². The first kappa shape index (κ1) is 5.09. The number of rotatable bonds is 1. The first-order valence-corrected chi connectivity index (χ1v) is 2.45. The molecule has 1 aromatic rings. The summed E-state index contributed by atoms with van der Waals surface area (Å²) < 4.78 is 0. The maximum Gasteiger partial charge on any atom is 0.175 e. The van der Waals surface area contributed by atoms with Crippen molar-refractivity contribution >= 4 is 5.78 Å². The van der Waals surface area contributed by atoms with E-state index in [4.69, 9.17) is 0 Å². The van der Waals surface area contributed by atoms with Crippen LogP contribution in [0.4, 0.5) is 0 Å². The van der Waals surface area contributed by atoms with E-state index in [1.165, 1.54) is 6.92 Å². The summed E-state index contributed by atoms with van der Waals surface area (Å²) in [6.45, 7) is 1.53. The minimum absolute atomic E-state index is 0. The first-order valence-electron chi connectivity index (χ1n) is 2.45. The first-order chi connectivity index (χ1) is 3.80. The Morgan fingerprint density at radius 2 is 2.62 bits per heavy atom. The molecule has 44 valence electrons. The number of nitrogens with one attached hydrogen (secondary N) is 1. The van der Waals surface area contributed by atoms with Crippen molar-refractivity contribution in [2.75, 3.05) is 0 Å². The molecule has 0 saturated heterocycles. The van der Waals surface area contributed by atoms with Crippen molar-refractivity contribution in [3.63, 3.8) is 0 Å². The van der Waals surface area contributed by atoms with Gasteiger partial charge in [-0.15, -0.1) is 0 Å². The van der Waals surface area contributed by atoms with Crippen molar-refractivity contribution in [2.45, 2.75) is 6.92 Å². The topological polar surface area (TPSA) is 32.9 Å². The van der Waals surface area contributed by atoms with E-state index in [1.807, 2.05) is 0 Å². The molecular weight excluding hydrogens is 102 g/mol. The quantitative estimate of drug-likeness (QED) is 0.547. The minimum Gasteiger partial charge on any atom is -0.359 e. The largest absolute Gasteiger partial charge is 0.359 e.